The fourth-order valence-electron chi connectivity index (χ4n) is 0.776. The van der Waals surface area contributed by atoms with Gasteiger partial charge in [-0.2, -0.15) is 0 Å². The van der Waals surface area contributed by atoms with E-state index in [1.807, 2.05) is 0 Å². The van der Waals surface area contributed by atoms with E-state index in [-0.39, 0.29) is 11.0 Å². The van der Waals surface area contributed by atoms with Gasteiger partial charge in [0.05, 0.1) is 11.9 Å². The zero-order chi connectivity index (χ0) is 9.56. The van der Waals surface area contributed by atoms with Crippen molar-refractivity contribution in [1.29, 1.82) is 0 Å². The van der Waals surface area contributed by atoms with Crippen LogP contribution in [0.2, 0.25) is 0 Å². The van der Waals surface area contributed by atoms with Crippen molar-refractivity contribution >= 4 is 16.6 Å². The van der Waals surface area contributed by atoms with E-state index >= 15 is 0 Å². The molecule has 0 bridgehead atoms. The third kappa shape index (κ3) is 3.97. The molecule has 0 heterocycles. The van der Waals surface area contributed by atoms with Crippen LogP contribution in [0.4, 0.5) is 0 Å². The molecule has 0 radical (unpaired) electrons. The summed E-state index contributed by atoms with van der Waals surface area (Å²) < 4.78 is 16.1. The number of Topliss-reactive ketones (excluding diaryl/α,β-unsaturated/α-hetero) is 1. The minimum Gasteiger partial charge on any atom is -0.384 e. The molecule has 4 heteroatoms. The number of hydrogen-bond donors (Lipinski definition) is 0. The Morgan fingerprint density at radius 2 is 2.17 bits per heavy atom. The number of rotatable bonds is 6. The molecule has 12 heavy (non-hydrogen) atoms. The van der Waals surface area contributed by atoms with Gasteiger partial charge in [-0.05, 0) is 6.92 Å². The van der Waals surface area contributed by atoms with Gasteiger partial charge in [-0.25, -0.2) is 0 Å². The molecule has 0 aliphatic carbocycles. The summed E-state index contributed by atoms with van der Waals surface area (Å²) in [7, 11) is 0.490. The molecule has 0 saturated heterocycles. The molecule has 0 aromatic heterocycles. The van der Waals surface area contributed by atoms with Crippen LogP contribution < -0.4 is 0 Å². The first-order chi connectivity index (χ1) is 5.63. The molecule has 0 rings (SSSR count). The monoisotopic (exact) mass is 192 g/mol. The molecule has 0 aliphatic heterocycles. The largest absolute Gasteiger partial charge is 0.384 e. The number of ketones is 1. The highest BCUT2D eigenvalue weighted by molar-refractivity contribution is 7.86. The smallest absolute Gasteiger partial charge is 0.147 e. The van der Waals surface area contributed by atoms with Crippen LogP contribution in [0.3, 0.4) is 0 Å². The summed E-state index contributed by atoms with van der Waals surface area (Å²) in [6.07, 6.45) is 0.458. The maximum Gasteiger partial charge on any atom is 0.147 e. The zero-order valence-electron chi connectivity index (χ0n) is 7.83. The first-order valence-electron chi connectivity index (χ1n) is 4.02. The van der Waals surface area contributed by atoms with E-state index in [0.29, 0.717) is 18.8 Å². The molecule has 0 aliphatic rings. The molecule has 0 fully saturated rings. The fourth-order valence-corrected chi connectivity index (χ4v) is 1.92. The normalized spacial score (nSPS) is 15.6. The minimum atomic E-state index is -1.07. The highest BCUT2D eigenvalue weighted by atomic mass is 32.2. The van der Waals surface area contributed by atoms with Gasteiger partial charge in [0.25, 0.3) is 0 Å². The standard InChI is InChI=1S/C8H16O3S/c1-4-8(9)7(2)12(10)6-5-11-3/h7H,4-6H2,1-3H3. The second kappa shape index (κ2) is 6.31. The topological polar surface area (TPSA) is 43.4 Å². The molecule has 0 N–H and O–H groups in total. The summed E-state index contributed by atoms with van der Waals surface area (Å²) in [4.78, 5) is 11.1. The van der Waals surface area contributed by atoms with Crippen molar-refractivity contribution in [2.75, 3.05) is 19.5 Å². The van der Waals surface area contributed by atoms with Gasteiger partial charge in [-0.15, -0.1) is 0 Å². The highest BCUT2D eigenvalue weighted by Crippen LogP contribution is 2.00. The van der Waals surface area contributed by atoms with Gasteiger partial charge >= 0.3 is 0 Å². The van der Waals surface area contributed by atoms with Gasteiger partial charge in [0.15, 0.2) is 0 Å². The second-order valence-corrected chi connectivity index (χ2v) is 4.42. The average molecular weight is 192 g/mol. The SMILES string of the molecule is CCC(=O)C(C)S(=O)CCOC. The van der Waals surface area contributed by atoms with Crippen LogP contribution >= 0.6 is 0 Å². The number of carbonyl (C=O) groups is 1. The van der Waals surface area contributed by atoms with Gasteiger partial charge in [-0.3, -0.25) is 9.00 Å². The predicted octanol–water partition coefficient (Wildman–Crippen LogP) is 0.749. The zero-order valence-corrected chi connectivity index (χ0v) is 8.65. The molecule has 0 aromatic rings. The second-order valence-electron chi connectivity index (χ2n) is 2.54. The maximum absolute atomic E-state index is 11.3. The molecule has 2 unspecified atom stereocenters. The van der Waals surface area contributed by atoms with Crippen molar-refractivity contribution in [1.82, 2.24) is 0 Å². The fraction of sp³-hybridized carbons (Fsp3) is 0.875. The van der Waals surface area contributed by atoms with Crippen LogP contribution in [0.15, 0.2) is 0 Å². The van der Waals surface area contributed by atoms with Gasteiger partial charge in [0, 0.05) is 30.1 Å². The highest BCUT2D eigenvalue weighted by Gasteiger charge is 2.17. The Hall–Kier alpha value is -0.220. The summed E-state index contributed by atoms with van der Waals surface area (Å²) in [5.74, 6) is 0.507. The number of methoxy groups -OCH3 is 1. The van der Waals surface area contributed by atoms with Crippen molar-refractivity contribution in [2.24, 2.45) is 0 Å². The van der Waals surface area contributed by atoms with Gasteiger partial charge < -0.3 is 4.74 Å². The lowest BCUT2D eigenvalue weighted by Gasteiger charge is -2.07. The van der Waals surface area contributed by atoms with Crippen molar-refractivity contribution in [2.45, 2.75) is 25.5 Å². The first-order valence-corrected chi connectivity index (χ1v) is 5.40. The Bertz CT molecular complexity index is 168. The molecule has 0 saturated carbocycles. The molecule has 3 nitrogen and oxygen atoms in total. The van der Waals surface area contributed by atoms with Crippen LogP contribution in [0, 0.1) is 0 Å². The van der Waals surface area contributed by atoms with Gasteiger partial charge in [0.2, 0.25) is 0 Å². The minimum absolute atomic E-state index is 0.0597. The molecule has 0 aromatic carbocycles. The Balaban J connectivity index is 3.84. The van der Waals surface area contributed by atoms with E-state index in [9.17, 15) is 9.00 Å². The van der Waals surface area contributed by atoms with Crippen molar-refractivity contribution < 1.29 is 13.7 Å². The molecular weight excluding hydrogens is 176 g/mol. The first kappa shape index (κ1) is 11.8. The van der Waals surface area contributed by atoms with Crippen LogP contribution in [0.25, 0.3) is 0 Å². The van der Waals surface area contributed by atoms with Crippen LogP contribution in [-0.2, 0) is 20.3 Å². The van der Waals surface area contributed by atoms with Crippen molar-refractivity contribution in [3.8, 4) is 0 Å². The predicted molar refractivity (Wildman–Crippen MR) is 49.6 cm³/mol. The van der Waals surface area contributed by atoms with E-state index < -0.39 is 10.8 Å². The van der Waals surface area contributed by atoms with E-state index in [0.717, 1.165) is 0 Å². The van der Waals surface area contributed by atoms with Crippen molar-refractivity contribution in [3.63, 3.8) is 0 Å². The van der Waals surface area contributed by atoms with Crippen LogP contribution in [0.5, 0.6) is 0 Å². The summed E-state index contributed by atoms with van der Waals surface area (Å²) in [6.45, 7) is 3.94. The van der Waals surface area contributed by atoms with Crippen LogP contribution in [-0.4, -0.2) is 34.7 Å². The molecule has 0 spiro atoms. The van der Waals surface area contributed by atoms with Gasteiger partial charge in [0.1, 0.15) is 5.78 Å². The molecular formula is C8H16O3S. The third-order valence-corrected chi connectivity index (χ3v) is 3.31. The van der Waals surface area contributed by atoms with E-state index in [2.05, 4.69) is 0 Å². The molecule has 72 valence electrons. The Morgan fingerprint density at radius 1 is 1.58 bits per heavy atom. The Morgan fingerprint density at radius 3 is 2.58 bits per heavy atom. The lowest BCUT2D eigenvalue weighted by Crippen LogP contribution is -2.24. The lowest BCUT2D eigenvalue weighted by atomic mass is 10.2. The van der Waals surface area contributed by atoms with Gasteiger partial charge in [-0.1, -0.05) is 6.92 Å². The summed E-state index contributed by atoms with van der Waals surface area (Å²) >= 11 is 0. The van der Waals surface area contributed by atoms with E-state index in [1.165, 1.54) is 0 Å². The molecule has 2 atom stereocenters. The van der Waals surface area contributed by atoms with E-state index in [1.54, 1.807) is 21.0 Å². The molecule has 0 amide bonds. The van der Waals surface area contributed by atoms with E-state index in [4.69, 9.17) is 4.74 Å². The Kier molecular flexibility index (Phi) is 6.20. The third-order valence-electron chi connectivity index (χ3n) is 1.68. The Labute approximate surface area is 75.9 Å². The van der Waals surface area contributed by atoms with Crippen LogP contribution in [0.1, 0.15) is 20.3 Å². The number of carbonyl (C=O) groups excluding carboxylic acids is 1. The average Bonchev–Trinajstić information content (AvgIpc) is 2.11. The maximum atomic E-state index is 11.3. The summed E-state index contributed by atoms with van der Waals surface area (Å²) in [5.41, 5.74) is 0. The summed E-state index contributed by atoms with van der Waals surface area (Å²) in [5, 5.41) is -0.342. The van der Waals surface area contributed by atoms with Crippen molar-refractivity contribution in [3.05, 3.63) is 0 Å². The summed E-state index contributed by atoms with van der Waals surface area (Å²) in [6, 6.07) is 0. The number of ether oxygens (including phenoxy) is 1. The quantitative estimate of drug-likeness (QED) is 0.623. The number of hydrogen-bond acceptors (Lipinski definition) is 3. The lowest BCUT2D eigenvalue weighted by molar-refractivity contribution is -0.118.